The molecular formula is C28H30N2O6. The second-order valence-corrected chi connectivity index (χ2v) is 9.89. The van der Waals surface area contributed by atoms with E-state index in [0.717, 1.165) is 19.3 Å². The first-order chi connectivity index (χ1) is 17.4. The minimum atomic E-state index is -0.618. The van der Waals surface area contributed by atoms with Gasteiger partial charge < -0.3 is 14.4 Å². The van der Waals surface area contributed by atoms with Crippen molar-refractivity contribution < 1.29 is 28.7 Å². The van der Waals surface area contributed by atoms with E-state index < -0.39 is 11.9 Å². The second kappa shape index (κ2) is 9.76. The number of ether oxygens (including phenoxy) is 2. The summed E-state index contributed by atoms with van der Waals surface area (Å²) in [5, 5.41) is 0. The van der Waals surface area contributed by atoms with Crippen molar-refractivity contribution in [3.05, 3.63) is 48.5 Å². The zero-order chi connectivity index (χ0) is 25.4. The van der Waals surface area contributed by atoms with Crippen LogP contribution in [-0.4, -0.2) is 36.8 Å². The summed E-state index contributed by atoms with van der Waals surface area (Å²) in [6, 6.07) is 13.7. The Morgan fingerprint density at radius 2 is 1.69 bits per heavy atom. The molecular weight excluding hydrogens is 460 g/mol. The molecule has 2 saturated heterocycles. The van der Waals surface area contributed by atoms with Gasteiger partial charge in [-0.05, 0) is 68.5 Å². The molecule has 2 aliphatic heterocycles. The Labute approximate surface area is 210 Å². The van der Waals surface area contributed by atoms with Crippen LogP contribution < -0.4 is 19.3 Å². The number of carbonyl (C=O) groups excluding carboxylic acids is 4. The lowest BCUT2D eigenvalue weighted by atomic mass is 9.76. The fourth-order valence-corrected chi connectivity index (χ4v) is 5.53. The fourth-order valence-electron chi connectivity index (χ4n) is 5.53. The molecule has 2 heterocycles. The maximum absolute atomic E-state index is 13.0. The van der Waals surface area contributed by atoms with E-state index in [1.807, 2.05) is 6.92 Å². The van der Waals surface area contributed by atoms with Crippen LogP contribution in [0.4, 0.5) is 11.4 Å². The van der Waals surface area contributed by atoms with Crippen LogP contribution in [0.15, 0.2) is 48.5 Å². The third kappa shape index (κ3) is 4.47. The van der Waals surface area contributed by atoms with Gasteiger partial charge in [-0.15, -0.1) is 0 Å². The Balaban J connectivity index is 1.26. The van der Waals surface area contributed by atoms with E-state index in [9.17, 15) is 19.2 Å². The van der Waals surface area contributed by atoms with E-state index in [1.54, 1.807) is 53.4 Å². The first-order valence-corrected chi connectivity index (χ1v) is 12.6. The van der Waals surface area contributed by atoms with Crippen LogP contribution >= 0.6 is 0 Å². The van der Waals surface area contributed by atoms with Crippen LogP contribution in [0.1, 0.15) is 39.5 Å². The number of benzene rings is 2. The van der Waals surface area contributed by atoms with Gasteiger partial charge in [-0.25, -0.2) is 4.90 Å². The Hall–Kier alpha value is -3.68. The Morgan fingerprint density at radius 3 is 2.44 bits per heavy atom. The molecule has 1 saturated carbocycles. The summed E-state index contributed by atoms with van der Waals surface area (Å²) in [7, 11) is 0. The molecule has 8 nitrogen and oxygen atoms in total. The molecule has 0 radical (unpaired) electrons. The van der Waals surface area contributed by atoms with E-state index in [0.29, 0.717) is 29.6 Å². The number of hydrogen-bond donors (Lipinski definition) is 0. The van der Waals surface area contributed by atoms with Gasteiger partial charge >= 0.3 is 5.97 Å². The van der Waals surface area contributed by atoms with Crippen LogP contribution in [0.2, 0.25) is 0 Å². The Kier molecular flexibility index (Phi) is 6.51. The number of esters is 1. The maximum atomic E-state index is 13.0. The van der Waals surface area contributed by atoms with E-state index in [-0.39, 0.29) is 48.3 Å². The van der Waals surface area contributed by atoms with Crippen LogP contribution in [0, 0.1) is 23.7 Å². The summed E-state index contributed by atoms with van der Waals surface area (Å²) in [5.41, 5.74) is 1.11. The third-order valence-electron chi connectivity index (χ3n) is 7.40. The smallest absolute Gasteiger partial charge is 0.316 e. The SMILES string of the molecule is CCOc1ccc(N2C[C@H](C(=O)Oc3cccc(N4C(=O)[C@H]5CC[C@@H](C)C[C@@H]5C4=O)c3)CC2=O)cc1. The molecule has 3 fully saturated rings. The number of nitrogens with zero attached hydrogens (tertiary/aromatic N) is 2. The van der Waals surface area contributed by atoms with Crippen molar-refractivity contribution >= 4 is 35.1 Å². The van der Waals surface area contributed by atoms with E-state index >= 15 is 0 Å². The minimum absolute atomic E-state index is 0.0520. The van der Waals surface area contributed by atoms with Gasteiger partial charge in [0, 0.05) is 24.7 Å². The lowest BCUT2D eigenvalue weighted by molar-refractivity contribution is -0.139. The number of anilines is 2. The van der Waals surface area contributed by atoms with Gasteiger partial charge in [-0.3, -0.25) is 19.2 Å². The highest BCUT2D eigenvalue weighted by Gasteiger charge is 2.50. The van der Waals surface area contributed by atoms with Gasteiger partial charge in [0.25, 0.3) is 0 Å². The normalized spacial score (nSPS) is 25.8. The molecule has 0 bridgehead atoms. The minimum Gasteiger partial charge on any atom is -0.494 e. The molecule has 3 aliphatic rings. The van der Waals surface area contributed by atoms with Gasteiger partial charge in [-0.1, -0.05) is 13.0 Å². The molecule has 2 aromatic rings. The fraction of sp³-hybridized carbons (Fsp3) is 0.429. The van der Waals surface area contributed by atoms with E-state index in [2.05, 4.69) is 6.92 Å². The molecule has 36 heavy (non-hydrogen) atoms. The van der Waals surface area contributed by atoms with E-state index in [1.165, 1.54) is 4.90 Å². The van der Waals surface area contributed by atoms with Crippen LogP contribution in [0.3, 0.4) is 0 Å². The monoisotopic (exact) mass is 490 g/mol. The second-order valence-electron chi connectivity index (χ2n) is 9.89. The van der Waals surface area contributed by atoms with Gasteiger partial charge in [0.15, 0.2) is 0 Å². The number of fused-ring (bicyclic) bond motifs is 1. The molecule has 0 spiro atoms. The van der Waals surface area contributed by atoms with Crippen LogP contribution in [-0.2, 0) is 19.2 Å². The number of hydrogen-bond acceptors (Lipinski definition) is 6. The lowest BCUT2D eigenvalue weighted by Crippen LogP contribution is -2.31. The highest BCUT2D eigenvalue weighted by Crippen LogP contribution is 2.42. The van der Waals surface area contributed by atoms with Crippen molar-refractivity contribution in [2.45, 2.75) is 39.5 Å². The van der Waals surface area contributed by atoms with Gasteiger partial charge in [0.05, 0.1) is 30.0 Å². The predicted molar refractivity (Wildman–Crippen MR) is 133 cm³/mol. The van der Waals surface area contributed by atoms with Crippen LogP contribution in [0.25, 0.3) is 0 Å². The highest BCUT2D eigenvalue weighted by molar-refractivity contribution is 6.22. The van der Waals surface area contributed by atoms with Crippen molar-refractivity contribution in [1.29, 1.82) is 0 Å². The molecule has 188 valence electrons. The molecule has 3 amide bonds. The van der Waals surface area contributed by atoms with E-state index in [4.69, 9.17) is 9.47 Å². The van der Waals surface area contributed by atoms with Gasteiger partial charge in [0.1, 0.15) is 11.5 Å². The molecule has 0 unspecified atom stereocenters. The molecule has 0 aromatic heterocycles. The molecule has 1 aliphatic carbocycles. The number of amides is 3. The third-order valence-corrected chi connectivity index (χ3v) is 7.40. The van der Waals surface area contributed by atoms with Crippen molar-refractivity contribution in [3.63, 3.8) is 0 Å². The Bertz CT molecular complexity index is 1190. The molecule has 4 atom stereocenters. The summed E-state index contributed by atoms with van der Waals surface area (Å²) < 4.78 is 11.0. The summed E-state index contributed by atoms with van der Waals surface area (Å²) in [6.07, 6.45) is 2.44. The number of imide groups is 1. The summed E-state index contributed by atoms with van der Waals surface area (Å²) in [5.74, 6) is -0.793. The van der Waals surface area contributed by atoms with Crippen molar-refractivity contribution in [2.75, 3.05) is 23.0 Å². The first-order valence-electron chi connectivity index (χ1n) is 12.6. The molecule has 0 N–H and O–H groups in total. The molecule has 5 rings (SSSR count). The molecule has 8 heteroatoms. The maximum Gasteiger partial charge on any atom is 0.316 e. The number of carbonyl (C=O) groups is 4. The van der Waals surface area contributed by atoms with Gasteiger partial charge in [-0.2, -0.15) is 0 Å². The summed E-state index contributed by atoms with van der Waals surface area (Å²) in [4.78, 5) is 54.4. The van der Waals surface area contributed by atoms with Crippen molar-refractivity contribution in [2.24, 2.45) is 23.7 Å². The average molecular weight is 491 g/mol. The van der Waals surface area contributed by atoms with Crippen molar-refractivity contribution in [1.82, 2.24) is 0 Å². The Morgan fingerprint density at radius 1 is 0.944 bits per heavy atom. The largest absolute Gasteiger partial charge is 0.494 e. The zero-order valence-electron chi connectivity index (χ0n) is 20.5. The van der Waals surface area contributed by atoms with Crippen LogP contribution in [0.5, 0.6) is 11.5 Å². The molecule has 2 aromatic carbocycles. The average Bonchev–Trinajstić information content (AvgIpc) is 3.37. The number of rotatable bonds is 6. The van der Waals surface area contributed by atoms with Gasteiger partial charge in [0.2, 0.25) is 17.7 Å². The quantitative estimate of drug-likeness (QED) is 0.346. The standard InChI is InChI=1S/C28H30N2O6/c1-3-35-21-10-8-19(9-11-21)29-16-18(14-25(29)31)28(34)36-22-6-4-5-20(15-22)30-26(32)23-12-7-17(2)13-24(23)27(30)33/h4-6,8-11,15,17-18,23-24H,3,7,12-14,16H2,1-2H3/t17-,18-,23+,24+/m1/s1. The highest BCUT2D eigenvalue weighted by atomic mass is 16.5. The lowest BCUT2D eigenvalue weighted by Gasteiger charge is -2.25. The topological polar surface area (TPSA) is 93.2 Å². The zero-order valence-corrected chi connectivity index (χ0v) is 20.5. The summed E-state index contributed by atoms with van der Waals surface area (Å²) in [6.45, 7) is 4.78. The van der Waals surface area contributed by atoms with Crippen molar-refractivity contribution in [3.8, 4) is 11.5 Å². The first kappa shape index (κ1) is 24.0. The predicted octanol–water partition coefficient (Wildman–Crippen LogP) is 3.97. The summed E-state index contributed by atoms with van der Waals surface area (Å²) >= 11 is 0.